The fraction of sp³-hybridized carbons (Fsp3) is 0.500. The number of carbonyl (C=O) groups is 1. The van der Waals surface area contributed by atoms with E-state index in [1.54, 1.807) is 19.1 Å². The predicted molar refractivity (Wildman–Crippen MR) is 67.2 cm³/mol. The molecule has 100 valence electrons. The van der Waals surface area contributed by atoms with Gasteiger partial charge in [0.1, 0.15) is 11.6 Å². The summed E-state index contributed by atoms with van der Waals surface area (Å²) in [5, 5.41) is 0. The van der Waals surface area contributed by atoms with Gasteiger partial charge in [-0.05, 0) is 24.0 Å². The molecule has 0 radical (unpaired) electrons. The van der Waals surface area contributed by atoms with Crippen LogP contribution in [0.5, 0.6) is 5.75 Å². The number of ether oxygens (including phenoxy) is 2. The molecule has 0 aromatic heterocycles. The lowest BCUT2D eigenvalue weighted by Gasteiger charge is -2.20. The van der Waals surface area contributed by atoms with Gasteiger partial charge in [-0.2, -0.15) is 0 Å². The zero-order chi connectivity index (χ0) is 13.8. The summed E-state index contributed by atoms with van der Waals surface area (Å²) >= 11 is 0. The minimum Gasteiger partial charge on any atom is -0.482 e. The van der Waals surface area contributed by atoms with E-state index >= 15 is 0 Å². The predicted octanol–water partition coefficient (Wildman–Crippen LogP) is 3.07. The monoisotopic (exact) mass is 254 g/mol. The van der Waals surface area contributed by atoms with Gasteiger partial charge in [0.25, 0.3) is 0 Å². The molecule has 0 aliphatic rings. The van der Waals surface area contributed by atoms with Gasteiger partial charge in [-0.15, -0.1) is 0 Å². The second-order valence-corrected chi connectivity index (χ2v) is 4.99. The van der Waals surface area contributed by atoms with E-state index in [9.17, 15) is 9.18 Å². The minimum absolute atomic E-state index is 0.206. The third-order valence-corrected chi connectivity index (χ3v) is 2.41. The summed E-state index contributed by atoms with van der Waals surface area (Å²) in [6.07, 6.45) is 0. The molecule has 3 nitrogen and oxygen atoms in total. The molecule has 0 saturated heterocycles. The second-order valence-electron chi connectivity index (χ2n) is 4.99. The van der Waals surface area contributed by atoms with Crippen LogP contribution >= 0.6 is 0 Å². The van der Waals surface area contributed by atoms with Crippen molar-refractivity contribution >= 4 is 5.97 Å². The SMILES string of the molecule is CCOC(=O)COc1ccc(C(C)(C)C)c(F)c1. The minimum atomic E-state index is -0.460. The van der Waals surface area contributed by atoms with Crippen molar-refractivity contribution in [2.45, 2.75) is 33.1 Å². The molecule has 18 heavy (non-hydrogen) atoms. The fourth-order valence-electron chi connectivity index (χ4n) is 1.54. The molecule has 0 heterocycles. The molecule has 0 N–H and O–H groups in total. The van der Waals surface area contributed by atoms with Gasteiger partial charge in [0, 0.05) is 6.07 Å². The van der Waals surface area contributed by atoms with Crippen molar-refractivity contribution in [3.8, 4) is 5.75 Å². The van der Waals surface area contributed by atoms with Gasteiger partial charge in [-0.25, -0.2) is 9.18 Å². The van der Waals surface area contributed by atoms with Crippen LogP contribution in [0.1, 0.15) is 33.3 Å². The Balaban J connectivity index is 2.71. The normalized spacial score (nSPS) is 11.2. The lowest BCUT2D eigenvalue weighted by molar-refractivity contribution is -0.145. The molecule has 0 aliphatic heterocycles. The number of rotatable bonds is 4. The molecule has 0 unspecified atom stereocenters. The molecular weight excluding hydrogens is 235 g/mol. The molecule has 0 bridgehead atoms. The quantitative estimate of drug-likeness (QED) is 0.775. The maximum absolute atomic E-state index is 13.8. The lowest BCUT2D eigenvalue weighted by Crippen LogP contribution is -2.16. The Morgan fingerprint density at radius 2 is 2.00 bits per heavy atom. The molecule has 0 saturated carbocycles. The van der Waals surface area contributed by atoms with E-state index < -0.39 is 5.97 Å². The van der Waals surface area contributed by atoms with Crippen LogP contribution in [0.25, 0.3) is 0 Å². The van der Waals surface area contributed by atoms with Gasteiger partial charge in [-0.1, -0.05) is 26.8 Å². The summed E-state index contributed by atoms with van der Waals surface area (Å²) < 4.78 is 23.7. The maximum Gasteiger partial charge on any atom is 0.344 e. The largest absolute Gasteiger partial charge is 0.482 e. The van der Waals surface area contributed by atoms with Gasteiger partial charge in [-0.3, -0.25) is 0 Å². The molecule has 0 spiro atoms. The van der Waals surface area contributed by atoms with Crippen LogP contribution in [-0.2, 0) is 14.9 Å². The van der Waals surface area contributed by atoms with Gasteiger partial charge >= 0.3 is 5.97 Å². The Morgan fingerprint density at radius 1 is 1.33 bits per heavy atom. The van der Waals surface area contributed by atoms with Crippen LogP contribution in [0.4, 0.5) is 4.39 Å². The number of esters is 1. The summed E-state index contributed by atoms with van der Waals surface area (Å²) in [5.74, 6) is -0.463. The number of hydrogen-bond donors (Lipinski definition) is 0. The first-order valence-electron chi connectivity index (χ1n) is 5.93. The highest BCUT2D eigenvalue weighted by Crippen LogP contribution is 2.27. The van der Waals surface area contributed by atoms with E-state index in [4.69, 9.17) is 9.47 Å². The van der Waals surface area contributed by atoms with Crippen molar-refractivity contribution in [3.63, 3.8) is 0 Å². The topological polar surface area (TPSA) is 35.5 Å². The first-order chi connectivity index (χ1) is 8.34. The molecule has 1 rings (SSSR count). The Hall–Kier alpha value is -1.58. The van der Waals surface area contributed by atoms with Crippen molar-refractivity contribution in [1.29, 1.82) is 0 Å². The molecule has 0 aliphatic carbocycles. The van der Waals surface area contributed by atoms with Crippen molar-refractivity contribution in [1.82, 2.24) is 0 Å². The van der Waals surface area contributed by atoms with Crippen LogP contribution in [0, 0.1) is 5.82 Å². The van der Waals surface area contributed by atoms with Crippen LogP contribution in [0.2, 0.25) is 0 Å². The first-order valence-corrected chi connectivity index (χ1v) is 5.93. The molecule has 0 atom stereocenters. The van der Waals surface area contributed by atoms with Crippen LogP contribution in [-0.4, -0.2) is 19.2 Å². The Kier molecular flexibility index (Phi) is 4.70. The third kappa shape index (κ3) is 4.02. The van der Waals surface area contributed by atoms with Crippen LogP contribution in [0.15, 0.2) is 18.2 Å². The first kappa shape index (κ1) is 14.5. The van der Waals surface area contributed by atoms with E-state index in [1.165, 1.54) is 6.07 Å². The summed E-state index contributed by atoms with van der Waals surface area (Å²) in [4.78, 5) is 11.1. The smallest absolute Gasteiger partial charge is 0.344 e. The zero-order valence-electron chi connectivity index (χ0n) is 11.2. The van der Waals surface area contributed by atoms with Crippen LogP contribution in [0.3, 0.4) is 0 Å². The highest BCUT2D eigenvalue weighted by atomic mass is 19.1. The van der Waals surface area contributed by atoms with Crippen LogP contribution < -0.4 is 4.74 Å². The Labute approximate surface area is 107 Å². The lowest BCUT2D eigenvalue weighted by atomic mass is 9.87. The van der Waals surface area contributed by atoms with Gasteiger partial charge < -0.3 is 9.47 Å². The molecular formula is C14H19FO3. The van der Waals surface area contributed by atoms with E-state index in [1.807, 2.05) is 20.8 Å². The fourth-order valence-corrected chi connectivity index (χ4v) is 1.54. The maximum atomic E-state index is 13.8. The molecule has 0 fully saturated rings. The second kappa shape index (κ2) is 5.85. The van der Waals surface area contributed by atoms with E-state index in [0.29, 0.717) is 17.9 Å². The molecule has 1 aromatic rings. The zero-order valence-corrected chi connectivity index (χ0v) is 11.2. The standard InChI is InChI=1S/C14H19FO3/c1-5-17-13(16)9-18-10-6-7-11(12(15)8-10)14(2,3)4/h6-8H,5,9H2,1-4H3. The summed E-state index contributed by atoms with van der Waals surface area (Å²) in [6, 6.07) is 4.62. The van der Waals surface area contributed by atoms with Crippen molar-refractivity contribution in [3.05, 3.63) is 29.6 Å². The average Bonchev–Trinajstić information content (AvgIpc) is 2.25. The highest BCUT2D eigenvalue weighted by molar-refractivity contribution is 5.71. The van der Waals surface area contributed by atoms with Crippen molar-refractivity contribution in [2.24, 2.45) is 0 Å². The molecule has 4 heteroatoms. The van der Waals surface area contributed by atoms with Gasteiger partial charge in [0.05, 0.1) is 6.61 Å². The number of carbonyl (C=O) groups excluding carboxylic acids is 1. The van der Waals surface area contributed by atoms with Gasteiger partial charge in [0.15, 0.2) is 6.61 Å². The van der Waals surface area contributed by atoms with E-state index in [2.05, 4.69) is 0 Å². The number of benzene rings is 1. The molecule has 0 amide bonds. The Bertz CT molecular complexity index is 422. The van der Waals surface area contributed by atoms with E-state index in [-0.39, 0.29) is 17.8 Å². The molecule has 1 aromatic carbocycles. The summed E-state index contributed by atoms with van der Waals surface area (Å²) in [6.45, 7) is 7.62. The third-order valence-electron chi connectivity index (χ3n) is 2.41. The average molecular weight is 254 g/mol. The Morgan fingerprint density at radius 3 is 2.50 bits per heavy atom. The van der Waals surface area contributed by atoms with Crippen molar-refractivity contribution in [2.75, 3.05) is 13.2 Å². The van der Waals surface area contributed by atoms with Crippen molar-refractivity contribution < 1.29 is 18.7 Å². The highest BCUT2D eigenvalue weighted by Gasteiger charge is 2.18. The van der Waals surface area contributed by atoms with Gasteiger partial charge in [0.2, 0.25) is 0 Å². The summed E-state index contributed by atoms with van der Waals surface area (Å²) in [7, 11) is 0. The summed E-state index contributed by atoms with van der Waals surface area (Å²) in [5.41, 5.74) is 0.356. The number of halogens is 1. The van der Waals surface area contributed by atoms with E-state index in [0.717, 1.165) is 0 Å². The number of hydrogen-bond acceptors (Lipinski definition) is 3.